The molecule has 0 aliphatic heterocycles. The molecule has 0 fully saturated rings. The standard InChI is InChI=1S/C21H24FNO2/c1-3-20(22)23(17-10-5-4-6-11-17)14-8-9-16-15-25-21-18(16)12-7-13-19(21)24-2/h4-7,10-13,15,20H,3,8-9,14H2,1-2H3. The molecule has 1 unspecified atom stereocenters. The monoisotopic (exact) mass is 341 g/mol. The van der Waals surface area contributed by atoms with Gasteiger partial charge in [-0.05, 0) is 43.0 Å². The summed E-state index contributed by atoms with van der Waals surface area (Å²) in [5.74, 6) is 0.740. The highest BCUT2D eigenvalue weighted by molar-refractivity contribution is 5.86. The second-order valence-corrected chi connectivity index (χ2v) is 6.07. The third-order valence-electron chi connectivity index (χ3n) is 4.47. The van der Waals surface area contributed by atoms with Crippen molar-refractivity contribution in [2.24, 2.45) is 0 Å². The number of anilines is 1. The van der Waals surface area contributed by atoms with Gasteiger partial charge in [-0.3, -0.25) is 0 Å². The van der Waals surface area contributed by atoms with Gasteiger partial charge in [-0.25, -0.2) is 4.39 Å². The molecule has 0 spiro atoms. The van der Waals surface area contributed by atoms with Crippen molar-refractivity contribution >= 4 is 16.7 Å². The maximum Gasteiger partial charge on any atom is 0.175 e. The number of hydrogen-bond acceptors (Lipinski definition) is 3. The molecule has 0 aliphatic carbocycles. The van der Waals surface area contributed by atoms with Gasteiger partial charge in [-0.2, -0.15) is 0 Å². The number of ether oxygens (including phenoxy) is 1. The average molecular weight is 341 g/mol. The van der Waals surface area contributed by atoms with E-state index in [4.69, 9.17) is 9.15 Å². The molecule has 132 valence electrons. The fourth-order valence-corrected chi connectivity index (χ4v) is 3.15. The number of methoxy groups -OCH3 is 1. The number of benzene rings is 2. The smallest absolute Gasteiger partial charge is 0.175 e. The Morgan fingerprint density at radius 2 is 1.92 bits per heavy atom. The molecule has 0 bridgehead atoms. The molecule has 3 rings (SSSR count). The lowest BCUT2D eigenvalue weighted by molar-refractivity contribution is 0.308. The molecule has 0 aliphatic rings. The highest BCUT2D eigenvalue weighted by atomic mass is 19.1. The Bertz CT molecular complexity index is 800. The largest absolute Gasteiger partial charge is 0.493 e. The number of aryl methyl sites for hydroxylation is 1. The van der Waals surface area contributed by atoms with Crippen molar-refractivity contribution in [1.82, 2.24) is 0 Å². The summed E-state index contributed by atoms with van der Waals surface area (Å²) in [5, 5.41) is 1.07. The fraction of sp³-hybridized carbons (Fsp3) is 0.333. The first-order valence-electron chi connectivity index (χ1n) is 8.73. The van der Waals surface area contributed by atoms with E-state index in [1.165, 1.54) is 0 Å². The van der Waals surface area contributed by atoms with Crippen LogP contribution in [0.4, 0.5) is 10.1 Å². The first kappa shape index (κ1) is 17.3. The summed E-state index contributed by atoms with van der Waals surface area (Å²) in [7, 11) is 1.64. The number of nitrogens with zero attached hydrogens (tertiary/aromatic N) is 1. The van der Waals surface area contributed by atoms with Gasteiger partial charge in [-0.15, -0.1) is 0 Å². The summed E-state index contributed by atoms with van der Waals surface area (Å²) in [4.78, 5) is 1.84. The van der Waals surface area contributed by atoms with Crippen LogP contribution in [0.15, 0.2) is 59.2 Å². The van der Waals surface area contributed by atoms with Gasteiger partial charge in [0.1, 0.15) is 0 Å². The molecule has 1 atom stereocenters. The number of rotatable bonds is 8. The number of halogens is 1. The van der Waals surface area contributed by atoms with Gasteiger partial charge in [0, 0.05) is 17.6 Å². The SMILES string of the molecule is CCC(F)N(CCCc1coc2c(OC)cccc12)c1ccccc1. The summed E-state index contributed by atoms with van der Waals surface area (Å²) < 4.78 is 25.4. The van der Waals surface area contributed by atoms with E-state index in [9.17, 15) is 4.39 Å². The molecule has 3 nitrogen and oxygen atoms in total. The van der Waals surface area contributed by atoms with Gasteiger partial charge in [-0.1, -0.05) is 37.3 Å². The van der Waals surface area contributed by atoms with E-state index >= 15 is 0 Å². The highest BCUT2D eigenvalue weighted by Gasteiger charge is 2.16. The van der Waals surface area contributed by atoms with E-state index in [0.29, 0.717) is 13.0 Å². The van der Waals surface area contributed by atoms with E-state index in [0.717, 1.165) is 40.8 Å². The number of hydrogen-bond donors (Lipinski definition) is 0. The molecule has 0 saturated carbocycles. The second-order valence-electron chi connectivity index (χ2n) is 6.07. The van der Waals surface area contributed by atoms with Gasteiger partial charge < -0.3 is 14.1 Å². The maximum absolute atomic E-state index is 14.4. The molecule has 0 radical (unpaired) electrons. The van der Waals surface area contributed by atoms with Gasteiger partial charge in [0.05, 0.1) is 13.4 Å². The zero-order valence-corrected chi connectivity index (χ0v) is 14.7. The van der Waals surface area contributed by atoms with Crippen molar-refractivity contribution in [3.63, 3.8) is 0 Å². The Hall–Kier alpha value is -2.49. The highest BCUT2D eigenvalue weighted by Crippen LogP contribution is 2.30. The second kappa shape index (κ2) is 8.06. The van der Waals surface area contributed by atoms with E-state index in [1.807, 2.05) is 60.4 Å². The van der Waals surface area contributed by atoms with E-state index in [1.54, 1.807) is 13.4 Å². The summed E-state index contributed by atoms with van der Waals surface area (Å²) in [6.07, 6.45) is 2.97. The predicted molar refractivity (Wildman–Crippen MR) is 100 cm³/mol. The molecule has 2 aromatic carbocycles. The van der Waals surface area contributed by atoms with E-state index in [-0.39, 0.29) is 0 Å². The minimum absolute atomic E-state index is 0.473. The quantitative estimate of drug-likeness (QED) is 0.500. The first-order valence-corrected chi connectivity index (χ1v) is 8.73. The molecule has 1 heterocycles. The Morgan fingerprint density at radius 1 is 1.12 bits per heavy atom. The third kappa shape index (κ3) is 3.78. The van der Waals surface area contributed by atoms with Crippen molar-refractivity contribution in [3.8, 4) is 5.75 Å². The molecule has 25 heavy (non-hydrogen) atoms. The van der Waals surface area contributed by atoms with Gasteiger partial charge >= 0.3 is 0 Å². The topological polar surface area (TPSA) is 25.6 Å². The van der Waals surface area contributed by atoms with Crippen LogP contribution in [0.5, 0.6) is 5.75 Å². The number of alkyl halides is 1. The molecular formula is C21H24FNO2. The Kier molecular flexibility index (Phi) is 5.59. The maximum atomic E-state index is 14.4. The van der Waals surface area contributed by atoms with Crippen molar-refractivity contribution in [3.05, 3.63) is 60.4 Å². The summed E-state index contributed by atoms with van der Waals surface area (Å²) in [6.45, 7) is 2.53. The van der Waals surface area contributed by atoms with Crippen LogP contribution < -0.4 is 9.64 Å². The Morgan fingerprint density at radius 3 is 2.64 bits per heavy atom. The lowest BCUT2D eigenvalue weighted by atomic mass is 10.1. The summed E-state index contributed by atoms with van der Waals surface area (Å²) >= 11 is 0. The Labute approximate surface area is 148 Å². The number of furan rings is 1. The average Bonchev–Trinajstić information content (AvgIpc) is 3.08. The Balaban J connectivity index is 1.70. The van der Waals surface area contributed by atoms with Crippen LogP contribution in [0.25, 0.3) is 11.0 Å². The van der Waals surface area contributed by atoms with Crippen molar-refractivity contribution < 1.29 is 13.5 Å². The minimum Gasteiger partial charge on any atom is -0.493 e. The van der Waals surface area contributed by atoms with Crippen LogP contribution in [0.1, 0.15) is 25.3 Å². The lowest BCUT2D eigenvalue weighted by Crippen LogP contribution is -2.32. The lowest BCUT2D eigenvalue weighted by Gasteiger charge is -2.28. The molecule has 0 amide bonds. The van der Waals surface area contributed by atoms with Crippen LogP contribution in [0.3, 0.4) is 0 Å². The molecule has 0 N–H and O–H groups in total. The predicted octanol–water partition coefficient (Wildman–Crippen LogP) is 5.59. The van der Waals surface area contributed by atoms with E-state index in [2.05, 4.69) is 0 Å². The fourth-order valence-electron chi connectivity index (χ4n) is 3.15. The zero-order chi connectivity index (χ0) is 17.6. The number of fused-ring (bicyclic) bond motifs is 1. The van der Waals surface area contributed by atoms with Crippen molar-refractivity contribution in [2.45, 2.75) is 32.5 Å². The number of para-hydroxylation sites is 2. The molecule has 3 aromatic rings. The van der Waals surface area contributed by atoms with E-state index < -0.39 is 6.30 Å². The summed E-state index contributed by atoms with van der Waals surface area (Å²) in [6, 6.07) is 15.6. The normalized spacial score (nSPS) is 12.3. The minimum atomic E-state index is -0.969. The van der Waals surface area contributed by atoms with Gasteiger partial charge in [0.25, 0.3) is 0 Å². The van der Waals surface area contributed by atoms with Crippen molar-refractivity contribution in [2.75, 3.05) is 18.6 Å². The molecule has 4 heteroatoms. The van der Waals surface area contributed by atoms with Crippen LogP contribution in [0.2, 0.25) is 0 Å². The van der Waals surface area contributed by atoms with Gasteiger partial charge in [0.2, 0.25) is 0 Å². The third-order valence-corrected chi connectivity index (χ3v) is 4.47. The molecule has 1 aromatic heterocycles. The molecular weight excluding hydrogens is 317 g/mol. The van der Waals surface area contributed by atoms with Crippen LogP contribution in [-0.2, 0) is 6.42 Å². The first-order chi connectivity index (χ1) is 12.2. The van der Waals surface area contributed by atoms with Crippen LogP contribution in [-0.4, -0.2) is 20.0 Å². The molecule has 0 saturated heterocycles. The van der Waals surface area contributed by atoms with Crippen LogP contribution >= 0.6 is 0 Å². The van der Waals surface area contributed by atoms with Gasteiger partial charge in [0.15, 0.2) is 17.6 Å². The van der Waals surface area contributed by atoms with Crippen molar-refractivity contribution in [1.29, 1.82) is 0 Å². The van der Waals surface area contributed by atoms with Crippen LogP contribution in [0, 0.1) is 0 Å². The zero-order valence-electron chi connectivity index (χ0n) is 14.7. The summed E-state index contributed by atoms with van der Waals surface area (Å²) in [5.41, 5.74) is 2.83.